The van der Waals surface area contributed by atoms with Crippen LogP contribution in [0.25, 0.3) is 0 Å². The molecule has 1 radical (unpaired) electrons. The molecule has 0 unspecified atom stereocenters. The van der Waals surface area contributed by atoms with Gasteiger partial charge in [-0.3, -0.25) is 0 Å². The van der Waals surface area contributed by atoms with E-state index in [9.17, 15) is 5.11 Å². The normalized spacial score (nSPS) is 9.83. The molecule has 6 heavy (non-hydrogen) atoms. The van der Waals surface area contributed by atoms with Crippen molar-refractivity contribution in [3.05, 3.63) is 18.8 Å². The molecule has 0 aromatic rings. The summed E-state index contributed by atoms with van der Waals surface area (Å²) in [4.78, 5) is 0. The Balaban J connectivity index is 0. The smallest absolute Gasteiger partial charge is 0 e. The Morgan fingerprint density at radius 3 is 2.00 bits per heavy atom. The predicted octanol–water partition coefficient (Wildman–Crippen LogP) is 0.0821. The van der Waals surface area contributed by atoms with Crippen molar-refractivity contribution in [2.75, 3.05) is 0 Å². The maximum atomic E-state index is 9.41. The standard InChI is InChI=1S/C4H7O.Mn/c1-4(2)3-5;/h3,5H,1H2,2H3;/q-1;/p-1/b4-3+;. The first-order valence-corrected chi connectivity index (χ1v) is 1.38. The summed E-state index contributed by atoms with van der Waals surface area (Å²) in [6.07, 6.45) is 0.722. The molecule has 0 heterocycles. The van der Waals surface area contributed by atoms with Crippen LogP contribution in [-0.2, 0) is 17.1 Å². The Morgan fingerprint density at radius 2 is 2.00 bits per heavy atom. The molecule has 37 valence electrons. The first-order chi connectivity index (χ1) is 2.27. The molecule has 0 bridgehead atoms. The molecular formula is C4H6MnO-2. The van der Waals surface area contributed by atoms with Crippen molar-refractivity contribution in [2.45, 2.75) is 6.92 Å². The largest absolute Gasteiger partial charge is 0.959 e. The van der Waals surface area contributed by atoms with Crippen molar-refractivity contribution < 1.29 is 22.2 Å². The second kappa shape index (κ2) is 4.93. The molecule has 0 spiro atoms. The Morgan fingerprint density at radius 1 is 1.83 bits per heavy atom. The Kier molecular flexibility index (Phi) is 7.67. The van der Waals surface area contributed by atoms with E-state index in [1.165, 1.54) is 0 Å². The van der Waals surface area contributed by atoms with Crippen LogP contribution >= 0.6 is 0 Å². The van der Waals surface area contributed by atoms with Crippen molar-refractivity contribution in [2.24, 2.45) is 0 Å². The average molecular weight is 125 g/mol. The number of rotatable bonds is 0. The molecule has 0 saturated carbocycles. The van der Waals surface area contributed by atoms with Gasteiger partial charge in [0.2, 0.25) is 0 Å². The van der Waals surface area contributed by atoms with Gasteiger partial charge in [0.15, 0.2) is 0 Å². The van der Waals surface area contributed by atoms with Crippen molar-refractivity contribution in [1.29, 1.82) is 0 Å². The van der Waals surface area contributed by atoms with Gasteiger partial charge >= 0.3 is 0 Å². The number of hydrogen-bond acceptors (Lipinski definition) is 1. The average Bonchev–Trinajstić information content (AvgIpc) is 1.38. The van der Waals surface area contributed by atoms with Crippen LogP contribution in [0.2, 0.25) is 0 Å². The second-order valence-corrected chi connectivity index (χ2v) is 0.964. The van der Waals surface area contributed by atoms with Crippen LogP contribution in [0.4, 0.5) is 0 Å². The molecule has 0 fully saturated rings. The van der Waals surface area contributed by atoms with Crippen LogP contribution in [0.15, 0.2) is 11.8 Å². The summed E-state index contributed by atoms with van der Waals surface area (Å²) in [5, 5.41) is 9.41. The van der Waals surface area contributed by atoms with E-state index in [4.69, 9.17) is 0 Å². The molecule has 0 aliphatic rings. The van der Waals surface area contributed by atoms with E-state index in [1.807, 2.05) is 0 Å². The molecule has 0 atom stereocenters. The zero-order valence-corrected chi connectivity index (χ0v) is 4.75. The zero-order chi connectivity index (χ0) is 4.28. The van der Waals surface area contributed by atoms with Gasteiger partial charge in [-0.2, -0.15) is 0 Å². The van der Waals surface area contributed by atoms with Gasteiger partial charge in [-0.1, -0.05) is 6.92 Å². The summed E-state index contributed by atoms with van der Waals surface area (Å²) < 4.78 is 0. The van der Waals surface area contributed by atoms with Crippen LogP contribution < -0.4 is 5.11 Å². The summed E-state index contributed by atoms with van der Waals surface area (Å²) in [7, 11) is 0. The van der Waals surface area contributed by atoms with Crippen molar-refractivity contribution in [1.82, 2.24) is 0 Å². The molecule has 0 amide bonds. The third-order valence-electron chi connectivity index (χ3n) is 0.201. The molecule has 0 N–H and O–H groups in total. The molecule has 1 nitrogen and oxygen atoms in total. The van der Waals surface area contributed by atoms with E-state index in [1.54, 1.807) is 6.92 Å². The van der Waals surface area contributed by atoms with Gasteiger partial charge < -0.3 is 11.4 Å². The van der Waals surface area contributed by atoms with Crippen molar-refractivity contribution >= 4 is 0 Å². The second-order valence-electron chi connectivity index (χ2n) is 0.964. The van der Waals surface area contributed by atoms with Crippen LogP contribution in [0, 0.1) is 6.92 Å². The summed E-state index contributed by atoms with van der Waals surface area (Å²) in [5.74, 6) is 0. The minimum atomic E-state index is 0. The van der Waals surface area contributed by atoms with Crippen molar-refractivity contribution in [3.63, 3.8) is 0 Å². The quantitative estimate of drug-likeness (QED) is 0.255. The topological polar surface area (TPSA) is 23.1 Å². The van der Waals surface area contributed by atoms with Crippen molar-refractivity contribution in [3.8, 4) is 0 Å². The van der Waals surface area contributed by atoms with Gasteiger partial charge in [0.05, 0.1) is 0 Å². The fraction of sp³-hybridized carbons (Fsp3) is 0.250. The summed E-state index contributed by atoms with van der Waals surface area (Å²) in [6.45, 7) is 4.97. The minimum absolute atomic E-state index is 0. The van der Waals surface area contributed by atoms with E-state index in [2.05, 4.69) is 6.92 Å². The third kappa shape index (κ3) is 9.06. The third-order valence-corrected chi connectivity index (χ3v) is 0.201. The monoisotopic (exact) mass is 125 g/mol. The predicted molar refractivity (Wildman–Crippen MR) is 19.1 cm³/mol. The Labute approximate surface area is 48.5 Å². The van der Waals surface area contributed by atoms with Gasteiger partial charge in [0.25, 0.3) is 0 Å². The van der Waals surface area contributed by atoms with E-state index in [0.717, 1.165) is 6.26 Å². The van der Waals surface area contributed by atoms with Gasteiger partial charge in [-0.15, -0.1) is 0 Å². The number of hydrogen-bond donors (Lipinski definition) is 0. The van der Waals surface area contributed by atoms with Gasteiger partial charge in [0.1, 0.15) is 0 Å². The Bertz CT molecular complexity index is 45.5. The van der Waals surface area contributed by atoms with E-state index >= 15 is 0 Å². The summed E-state index contributed by atoms with van der Waals surface area (Å²) >= 11 is 0. The summed E-state index contributed by atoms with van der Waals surface area (Å²) in [6, 6.07) is 0. The molecule has 0 aromatic heterocycles. The first kappa shape index (κ1) is 9.33. The van der Waals surface area contributed by atoms with Gasteiger partial charge in [-0.25, -0.2) is 12.5 Å². The molecule has 0 aromatic carbocycles. The van der Waals surface area contributed by atoms with E-state index in [0.29, 0.717) is 5.57 Å². The molecule has 0 aliphatic heterocycles. The van der Waals surface area contributed by atoms with E-state index in [-0.39, 0.29) is 17.1 Å². The first-order valence-electron chi connectivity index (χ1n) is 1.38. The Hall–Kier alpha value is -0.0705. The maximum Gasteiger partial charge on any atom is 0 e. The summed E-state index contributed by atoms with van der Waals surface area (Å²) in [5.41, 5.74) is 0.574. The van der Waals surface area contributed by atoms with Crippen LogP contribution in [0.1, 0.15) is 6.92 Å². The zero-order valence-electron chi connectivity index (χ0n) is 3.57. The van der Waals surface area contributed by atoms with Crippen LogP contribution in [-0.4, -0.2) is 0 Å². The number of allylic oxidation sites excluding steroid dienone is 1. The van der Waals surface area contributed by atoms with Crippen LogP contribution in [0.3, 0.4) is 0 Å². The fourth-order valence-electron chi connectivity index (χ4n) is 0. The molecule has 0 rings (SSSR count). The fourth-order valence-corrected chi connectivity index (χ4v) is 0. The maximum absolute atomic E-state index is 9.41. The molecule has 0 aliphatic carbocycles. The SMILES string of the molecule is [CH2-]/C(C)=C\[O-].[Mn]. The van der Waals surface area contributed by atoms with Crippen LogP contribution in [0.5, 0.6) is 0 Å². The minimum Gasteiger partial charge on any atom is -0.959 e. The van der Waals surface area contributed by atoms with Gasteiger partial charge in [-0.05, 0) is 0 Å². The van der Waals surface area contributed by atoms with Gasteiger partial charge in [0, 0.05) is 17.1 Å². The molecular weight excluding hydrogens is 119 g/mol. The van der Waals surface area contributed by atoms with E-state index < -0.39 is 0 Å². The molecule has 2 heteroatoms. The molecule has 0 saturated heterocycles.